The van der Waals surface area contributed by atoms with Crippen molar-refractivity contribution in [1.82, 2.24) is 9.55 Å². The van der Waals surface area contributed by atoms with E-state index in [0.29, 0.717) is 6.42 Å². The molecule has 2 aromatic rings. The molecule has 0 unspecified atom stereocenters. The maximum atomic E-state index is 11.9. The van der Waals surface area contributed by atoms with Gasteiger partial charge in [0, 0.05) is 29.6 Å². The zero-order valence-corrected chi connectivity index (χ0v) is 10.7. The molecule has 3 rings (SSSR count). The highest BCUT2D eigenvalue weighted by Gasteiger charge is 2.23. The lowest BCUT2D eigenvalue weighted by Gasteiger charge is -2.15. The first-order valence-electron chi connectivity index (χ1n) is 6.34. The number of carbonyl (C=O) groups is 1. The van der Waals surface area contributed by atoms with Gasteiger partial charge >= 0.3 is 0 Å². The highest BCUT2D eigenvalue weighted by molar-refractivity contribution is 5.98. The van der Waals surface area contributed by atoms with Crippen molar-refractivity contribution in [3.63, 3.8) is 0 Å². The van der Waals surface area contributed by atoms with Crippen LogP contribution < -0.4 is 0 Å². The Morgan fingerprint density at radius 1 is 1.22 bits per heavy atom. The van der Waals surface area contributed by atoms with Crippen LogP contribution in [-0.2, 0) is 6.42 Å². The summed E-state index contributed by atoms with van der Waals surface area (Å²) in [7, 11) is 0. The van der Waals surface area contributed by atoms with Gasteiger partial charge in [-0.25, -0.2) is 4.98 Å². The molecule has 0 bridgehead atoms. The Hall–Kier alpha value is -1.90. The molecule has 92 valence electrons. The van der Waals surface area contributed by atoms with Gasteiger partial charge in [0.05, 0.1) is 0 Å². The quantitative estimate of drug-likeness (QED) is 0.768. The molecule has 0 aromatic carbocycles. The Labute approximate surface area is 106 Å². The molecule has 2 aromatic heterocycles. The molecule has 18 heavy (non-hydrogen) atoms. The molecule has 0 fully saturated rings. The van der Waals surface area contributed by atoms with Gasteiger partial charge in [0.1, 0.15) is 5.82 Å². The highest BCUT2D eigenvalue weighted by atomic mass is 16.1. The number of carbonyl (C=O) groups excluding carboxylic acids is 1. The van der Waals surface area contributed by atoms with E-state index >= 15 is 0 Å². The predicted molar refractivity (Wildman–Crippen MR) is 70.3 cm³/mol. The van der Waals surface area contributed by atoms with Crippen molar-refractivity contribution in [3.05, 3.63) is 46.9 Å². The first-order chi connectivity index (χ1) is 8.66. The number of hydrogen-bond acceptors (Lipinski definition) is 2. The van der Waals surface area contributed by atoms with Crippen molar-refractivity contribution in [2.24, 2.45) is 0 Å². The van der Waals surface area contributed by atoms with Crippen LogP contribution in [0.2, 0.25) is 0 Å². The monoisotopic (exact) mass is 240 g/mol. The topological polar surface area (TPSA) is 34.9 Å². The normalized spacial score (nSPS) is 14.7. The molecule has 1 aliphatic rings. The summed E-state index contributed by atoms with van der Waals surface area (Å²) in [5, 5.41) is 0. The summed E-state index contributed by atoms with van der Waals surface area (Å²) < 4.78 is 2.12. The van der Waals surface area contributed by atoms with Gasteiger partial charge in [0.15, 0.2) is 5.78 Å². The Morgan fingerprint density at radius 3 is 2.83 bits per heavy atom. The Morgan fingerprint density at radius 2 is 2.06 bits per heavy atom. The van der Waals surface area contributed by atoms with Gasteiger partial charge in [-0.15, -0.1) is 0 Å². The van der Waals surface area contributed by atoms with E-state index in [1.54, 1.807) is 0 Å². The second-order valence-corrected chi connectivity index (χ2v) is 4.95. The van der Waals surface area contributed by atoms with Crippen LogP contribution in [0.25, 0.3) is 5.82 Å². The summed E-state index contributed by atoms with van der Waals surface area (Å²) >= 11 is 0. The van der Waals surface area contributed by atoms with Gasteiger partial charge in [-0.05, 0) is 50.5 Å². The molecule has 0 saturated carbocycles. The van der Waals surface area contributed by atoms with Crippen LogP contribution in [0.15, 0.2) is 24.4 Å². The summed E-state index contributed by atoms with van der Waals surface area (Å²) in [5.41, 5.74) is 4.29. The van der Waals surface area contributed by atoms with E-state index in [0.717, 1.165) is 35.6 Å². The van der Waals surface area contributed by atoms with E-state index in [9.17, 15) is 4.79 Å². The van der Waals surface area contributed by atoms with Crippen molar-refractivity contribution in [2.75, 3.05) is 0 Å². The van der Waals surface area contributed by atoms with Gasteiger partial charge in [-0.3, -0.25) is 4.79 Å². The minimum absolute atomic E-state index is 0.269. The van der Waals surface area contributed by atoms with Gasteiger partial charge in [-0.1, -0.05) is 0 Å². The van der Waals surface area contributed by atoms with Gasteiger partial charge in [0.25, 0.3) is 0 Å². The standard InChI is InChI=1S/C15H16N2O/c1-10-6-7-16-15(8-10)17-11(2)9-12-13(17)4-3-5-14(12)18/h6-9H,3-5H2,1-2H3. The van der Waals surface area contributed by atoms with E-state index in [4.69, 9.17) is 0 Å². The van der Waals surface area contributed by atoms with Crippen LogP contribution in [0.3, 0.4) is 0 Å². The number of Topliss-reactive ketones (excluding diaryl/α,β-unsaturated/α-hetero) is 1. The molecule has 3 heteroatoms. The summed E-state index contributed by atoms with van der Waals surface area (Å²) in [6.07, 6.45) is 4.41. The molecular formula is C15H16N2O. The first-order valence-corrected chi connectivity index (χ1v) is 6.34. The molecule has 2 heterocycles. The number of ketones is 1. The largest absolute Gasteiger partial charge is 0.302 e. The molecular weight excluding hydrogens is 224 g/mol. The fraction of sp³-hybridized carbons (Fsp3) is 0.333. The molecule has 0 spiro atoms. The van der Waals surface area contributed by atoms with Crippen LogP contribution in [0.5, 0.6) is 0 Å². The lowest BCUT2D eigenvalue weighted by molar-refractivity contribution is 0.0972. The summed E-state index contributed by atoms with van der Waals surface area (Å²) in [4.78, 5) is 16.3. The van der Waals surface area contributed by atoms with Gasteiger partial charge < -0.3 is 4.57 Å². The molecule has 0 aliphatic heterocycles. The average molecular weight is 240 g/mol. The van der Waals surface area contributed by atoms with E-state index in [2.05, 4.69) is 22.5 Å². The van der Waals surface area contributed by atoms with E-state index in [-0.39, 0.29) is 5.78 Å². The lowest BCUT2D eigenvalue weighted by Crippen LogP contribution is -2.13. The molecule has 0 amide bonds. The van der Waals surface area contributed by atoms with Crippen LogP contribution in [0.4, 0.5) is 0 Å². The zero-order valence-electron chi connectivity index (χ0n) is 10.7. The Balaban J connectivity index is 2.21. The van der Waals surface area contributed by atoms with Crippen molar-refractivity contribution in [1.29, 1.82) is 0 Å². The maximum Gasteiger partial charge on any atom is 0.164 e. The Bertz CT molecular complexity index is 625. The number of nitrogens with zero attached hydrogens (tertiary/aromatic N) is 2. The third kappa shape index (κ3) is 1.67. The van der Waals surface area contributed by atoms with Crippen LogP contribution >= 0.6 is 0 Å². The first kappa shape index (κ1) is 11.2. The zero-order chi connectivity index (χ0) is 12.7. The maximum absolute atomic E-state index is 11.9. The molecule has 0 N–H and O–H groups in total. The third-order valence-corrected chi connectivity index (χ3v) is 3.53. The van der Waals surface area contributed by atoms with Crippen molar-refractivity contribution in [2.45, 2.75) is 33.1 Å². The second-order valence-electron chi connectivity index (χ2n) is 4.95. The van der Waals surface area contributed by atoms with E-state index in [1.807, 2.05) is 25.3 Å². The minimum atomic E-state index is 0.269. The average Bonchev–Trinajstić information content (AvgIpc) is 2.67. The fourth-order valence-electron chi connectivity index (χ4n) is 2.69. The number of fused-ring (bicyclic) bond motifs is 1. The highest BCUT2D eigenvalue weighted by Crippen LogP contribution is 2.27. The van der Waals surface area contributed by atoms with Crippen molar-refractivity contribution < 1.29 is 4.79 Å². The molecule has 0 saturated heterocycles. The fourth-order valence-corrected chi connectivity index (χ4v) is 2.69. The number of pyridine rings is 1. The van der Waals surface area contributed by atoms with Crippen LogP contribution in [0.1, 0.15) is 40.2 Å². The SMILES string of the molecule is Cc1ccnc(-n2c(C)cc3c2CCCC3=O)c1. The Kier molecular flexibility index (Phi) is 2.54. The van der Waals surface area contributed by atoms with E-state index in [1.165, 1.54) is 5.56 Å². The third-order valence-electron chi connectivity index (χ3n) is 3.53. The lowest BCUT2D eigenvalue weighted by atomic mass is 9.96. The number of rotatable bonds is 1. The summed E-state index contributed by atoms with van der Waals surface area (Å²) in [6.45, 7) is 4.09. The van der Waals surface area contributed by atoms with Crippen molar-refractivity contribution in [3.8, 4) is 5.82 Å². The predicted octanol–water partition coefficient (Wildman–Crippen LogP) is 3.01. The number of aromatic nitrogens is 2. The van der Waals surface area contributed by atoms with Crippen LogP contribution in [0, 0.1) is 13.8 Å². The van der Waals surface area contributed by atoms with E-state index < -0.39 is 0 Å². The minimum Gasteiger partial charge on any atom is -0.302 e. The van der Waals surface area contributed by atoms with Crippen molar-refractivity contribution >= 4 is 5.78 Å². The molecule has 1 aliphatic carbocycles. The van der Waals surface area contributed by atoms with Crippen LogP contribution in [-0.4, -0.2) is 15.3 Å². The number of aryl methyl sites for hydroxylation is 2. The smallest absolute Gasteiger partial charge is 0.164 e. The molecule has 0 radical (unpaired) electrons. The van der Waals surface area contributed by atoms with Gasteiger partial charge in [0.2, 0.25) is 0 Å². The molecule has 3 nitrogen and oxygen atoms in total. The number of hydrogen-bond donors (Lipinski definition) is 0. The summed E-state index contributed by atoms with van der Waals surface area (Å²) in [6, 6.07) is 6.05. The molecule has 0 atom stereocenters. The summed E-state index contributed by atoms with van der Waals surface area (Å²) in [5.74, 6) is 1.19. The van der Waals surface area contributed by atoms with Gasteiger partial charge in [-0.2, -0.15) is 0 Å². The second kappa shape index (κ2) is 4.09.